The van der Waals surface area contributed by atoms with Crippen molar-refractivity contribution in [2.45, 2.75) is 52.0 Å². The van der Waals surface area contributed by atoms with E-state index in [1.54, 1.807) is 0 Å². The van der Waals surface area contributed by atoms with E-state index in [9.17, 15) is 0 Å². The smallest absolute Gasteiger partial charge is 0.0187 e. The maximum Gasteiger partial charge on any atom is 0.0187 e. The number of hydrogen-bond acceptors (Lipinski definition) is 1. The van der Waals surface area contributed by atoms with Gasteiger partial charge >= 0.3 is 0 Å². The molecule has 70 valence electrons. The van der Waals surface area contributed by atoms with Crippen molar-refractivity contribution in [1.29, 1.82) is 0 Å². The number of hydrogen-bond donors (Lipinski definition) is 1. The van der Waals surface area contributed by atoms with Crippen LogP contribution in [0.15, 0.2) is 0 Å². The predicted molar refractivity (Wildman–Crippen MR) is 52.1 cm³/mol. The van der Waals surface area contributed by atoms with Crippen LogP contribution in [0.2, 0.25) is 0 Å². The highest BCUT2D eigenvalue weighted by atomic mass is 15.0. The molecule has 0 aromatic carbocycles. The van der Waals surface area contributed by atoms with E-state index in [4.69, 9.17) is 0 Å². The molecule has 1 spiro atoms. The van der Waals surface area contributed by atoms with Crippen LogP contribution in [0, 0.1) is 11.3 Å². The fraction of sp³-hybridized carbons (Fsp3) is 1.00. The van der Waals surface area contributed by atoms with Crippen molar-refractivity contribution in [3.05, 3.63) is 0 Å². The topological polar surface area (TPSA) is 12.0 Å². The zero-order valence-electron chi connectivity index (χ0n) is 8.61. The molecule has 1 saturated heterocycles. The molecule has 2 rings (SSSR count). The van der Waals surface area contributed by atoms with Gasteiger partial charge in [0.05, 0.1) is 0 Å². The standard InChI is InChI=1S/C11H21N/c1-10(2,3)9-7-11(8-9)5-4-6-12-11/h9,12H,4-8H2,1-3H3. The molecule has 0 amide bonds. The van der Waals surface area contributed by atoms with Gasteiger partial charge in [0.2, 0.25) is 0 Å². The van der Waals surface area contributed by atoms with Crippen LogP contribution in [0.5, 0.6) is 0 Å². The Balaban J connectivity index is 1.90. The minimum Gasteiger partial charge on any atom is -0.311 e. The molecule has 2 fully saturated rings. The highest BCUT2D eigenvalue weighted by molar-refractivity contribution is 5.06. The third kappa shape index (κ3) is 1.28. The molecule has 1 saturated carbocycles. The molecule has 1 nitrogen and oxygen atoms in total. The van der Waals surface area contributed by atoms with Gasteiger partial charge in [-0.2, -0.15) is 0 Å². The van der Waals surface area contributed by atoms with Gasteiger partial charge in [0.15, 0.2) is 0 Å². The first-order valence-electron chi connectivity index (χ1n) is 5.27. The summed E-state index contributed by atoms with van der Waals surface area (Å²) in [5.41, 5.74) is 1.13. The molecule has 1 aliphatic heterocycles. The molecule has 12 heavy (non-hydrogen) atoms. The molecule has 1 heteroatoms. The Morgan fingerprint density at radius 1 is 1.25 bits per heavy atom. The SMILES string of the molecule is CC(C)(C)C1CC2(CCCN2)C1. The zero-order chi connectivity index (χ0) is 8.82. The minimum absolute atomic E-state index is 0.537. The van der Waals surface area contributed by atoms with Crippen LogP contribution >= 0.6 is 0 Å². The lowest BCUT2D eigenvalue weighted by molar-refractivity contribution is 0.0376. The molecule has 0 atom stereocenters. The van der Waals surface area contributed by atoms with E-state index < -0.39 is 0 Å². The second-order valence-electron chi connectivity index (χ2n) is 5.78. The van der Waals surface area contributed by atoms with Gasteiger partial charge in [0.1, 0.15) is 0 Å². The van der Waals surface area contributed by atoms with Gasteiger partial charge in [-0.3, -0.25) is 0 Å². The molecule has 0 radical (unpaired) electrons. The molecule has 2 aliphatic rings. The Morgan fingerprint density at radius 2 is 1.92 bits per heavy atom. The largest absolute Gasteiger partial charge is 0.311 e. The van der Waals surface area contributed by atoms with E-state index in [1.165, 1.54) is 32.2 Å². The summed E-state index contributed by atoms with van der Waals surface area (Å²) >= 11 is 0. The van der Waals surface area contributed by atoms with Gasteiger partial charge in [0.25, 0.3) is 0 Å². The van der Waals surface area contributed by atoms with E-state index in [1.807, 2.05) is 0 Å². The third-order valence-electron chi connectivity index (χ3n) is 3.83. The monoisotopic (exact) mass is 167 g/mol. The lowest BCUT2D eigenvalue weighted by atomic mass is 9.58. The Morgan fingerprint density at radius 3 is 2.33 bits per heavy atom. The van der Waals surface area contributed by atoms with E-state index >= 15 is 0 Å². The van der Waals surface area contributed by atoms with Crippen molar-refractivity contribution in [3.8, 4) is 0 Å². The Kier molecular flexibility index (Phi) is 1.76. The highest BCUT2D eigenvalue weighted by Crippen LogP contribution is 2.50. The van der Waals surface area contributed by atoms with Crippen molar-refractivity contribution >= 4 is 0 Å². The van der Waals surface area contributed by atoms with Crippen LogP contribution in [-0.2, 0) is 0 Å². The average molecular weight is 167 g/mol. The fourth-order valence-corrected chi connectivity index (χ4v) is 2.71. The van der Waals surface area contributed by atoms with Crippen LogP contribution in [0.4, 0.5) is 0 Å². The average Bonchev–Trinajstić information content (AvgIpc) is 2.27. The first-order chi connectivity index (χ1) is 5.52. The summed E-state index contributed by atoms with van der Waals surface area (Å²) in [5, 5.41) is 3.67. The van der Waals surface area contributed by atoms with Crippen LogP contribution in [0.25, 0.3) is 0 Å². The van der Waals surface area contributed by atoms with Crippen molar-refractivity contribution in [2.24, 2.45) is 11.3 Å². The Labute approximate surface area is 75.9 Å². The van der Waals surface area contributed by atoms with E-state index in [-0.39, 0.29) is 0 Å². The summed E-state index contributed by atoms with van der Waals surface area (Å²) in [6.45, 7) is 8.38. The lowest BCUT2D eigenvalue weighted by Crippen LogP contribution is -2.54. The lowest BCUT2D eigenvalue weighted by Gasteiger charge is -2.51. The summed E-state index contributed by atoms with van der Waals surface area (Å²) in [6.07, 6.45) is 5.68. The maximum atomic E-state index is 3.67. The molecular weight excluding hydrogens is 146 g/mol. The summed E-state index contributed by atoms with van der Waals surface area (Å²) in [7, 11) is 0. The number of rotatable bonds is 0. The van der Waals surface area contributed by atoms with Gasteiger partial charge in [-0.1, -0.05) is 20.8 Å². The first-order valence-corrected chi connectivity index (χ1v) is 5.27. The van der Waals surface area contributed by atoms with Crippen molar-refractivity contribution < 1.29 is 0 Å². The Hall–Kier alpha value is -0.0400. The molecule has 0 aromatic heterocycles. The molecule has 1 heterocycles. The zero-order valence-corrected chi connectivity index (χ0v) is 8.61. The molecule has 0 unspecified atom stereocenters. The summed E-state index contributed by atoms with van der Waals surface area (Å²) in [4.78, 5) is 0. The van der Waals surface area contributed by atoms with Crippen LogP contribution in [-0.4, -0.2) is 12.1 Å². The second-order valence-corrected chi connectivity index (χ2v) is 5.78. The molecular formula is C11H21N. The molecule has 1 N–H and O–H groups in total. The predicted octanol–water partition coefficient (Wildman–Crippen LogP) is 2.56. The van der Waals surface area contributed by atoms with E-state index in [2.05, 4.69) is 26.1 Å². The van der Waals surface area contributed by atoms with Gasteiger partial charge in [-0.05, 0) is 43.6 Å². The Bertz CT molecular complexity index is 164. The van der Waals surface area contributed by atoms with E-state index in [0.717, 1.165) is 5.92 Å². The normalized spacial score (nSPS) is 41.8. The number of nitrogens with one attached hydrogen (secondary N) is 1. The van der Waals surface area contributed by atoms with E-state index in [0.29, 0.717) is 11.0 Å². The van der Waals surface area contributed by atoms with Crippen molar-refractivity contribution in [2.75, 3.05) is 6.54 Å². The minimum atomic E-state index is 0.537. The molecule has 0 bridgehead atoms. The third-order valence-corrected chi connectivity index (χ3v) is 3.83. The van der Waals surface area contributed by atoms with Crippen LogP contribution in [0.3, 0.4) is 0 Å². The first kappa shape index (κ1) is 8.55. The quantitative estimate of drug-likeness (QED) is 0.584. The summed E-state index contributed by atoms with van der Waals surface area (Å²) in [5.74, 6) is 0.961. The summed E-state index contributed by atoms with van der Waals surface area (Å²) in [6, 6.07) is 0. The van der Waals surface area contributed by atoms with Crippen LogP contribution in [0.1, 0.15) is 46.5 Å². The van der Waals surface area contributed by atoms with Gasteiger partial charge < -0.3 is 5.32 Å². The van der Waals surface area contributed by atoms with Crippen molar-refractivity contribution in [3.63, 3.8) is 0 Å². The van der Waals surface area contributed by atoms with Gasteiger partial charge in [-0.25, -0.2) is 0 Å². The van der Waals surface area contributed by atoms with Gasteiger partial charge in [0, 0.05) is 5.54 Å². The van der Waals surface area contributed by atoms with Crippen LogP contribution < -0.4 is 5.32 Å². The molecule has 1 aliphatic carbocycles. The highest BCUT2D eigenvalue weighted by Gasteiger charge is 2.49. The van der Waals surface area contributed by atoms with Gasteiger partial charge in [-0.15, -0.1) is 0 Å². The second kappa shape index (κ2) is 2.47. The van der Waals surface area contributed by atoms with Crippen molar-refractivity contribution in [1.82, 2.24) is 5.32 Å². The molecule has 0 aromatic rings. The summed E-state index contributed by atoms with van der Waals surface area (Å²) < 4.78 is 0. The maximum absolute atomic E-state index is 3.67. The fourth-order valence-electron chi connectivity index (χ4n) is 2.71.